The van der Waals surface area contributed by atoms with Crippen molar-refractivity contribution in [2.75, 3.05) is 0 Å². The van der Waals surface area contributed by atoms with Gasteiger partial charge in [-0.2, -0.15) is 0 Å². The Labute approximate surface area is 121 Å². The Hall–Kier alpha value is -0.630. The van der Waals surface area contributed by atoms with Gasteiger partial charge in [0.05, 0.1) is 6.10 Å². The highest BCUT2D eigenvalue weighted by molar-refractivity contribution is 5.91. The molecule has 20 heavy (non-hydrogen) atoms. The van der Waals surface area contributed by atoms with Crippen LogP contribution in [0.15, 0.2) is 11.6 Å². The van der Waals surface area contributed by atoms with Crippen molar-refractivity contribution in [3.63, 3.8) is 0 Å². The van der Waals surface area contributed by atoms with Crippen LogP contribution in [0.2, 0.25) is 0 Å². The van der Waals surface area contributed by atoms with Gasteiger partial charge in [-0.1, -0.05) is 12.5 Å². The van der Waals surface area contributed by atoms with Gasteiger partial charge in [0.2, 0.25) is 0 Å². The first-order valence-corrected chi connectivity index (χ1v) is 8.51. The normalized spacial score (nSPS) is 51.0. The third-order valence-electron chi connectivity index (χ3n) is 7.25. The zero-order chi connectivity index (χ0) is 13.9. The van der Waals surface area contributed by atoms with E-state index >= 15 is 0 Å². The van der Waals surface area contributed by atoms with Crippen molar-refractivity contribution in [3.8, 4) is 0 Å². The Balaban J connectivity index is 1.63. The van der Waals surface area contributed by atoms with Gasteiger partial charge >= 0.3 is 0 Å². The fourth-order valence-electron chi connectivity index (χ4n) is 6.15. The van der Waals surface area contributed by atoms with Crippen molar-refractivity contribution in [3.05, 3.63) is 11.6 Å². The van der Waals surface area contributed by atoms with Crippen molar-refractivity contribution in [2.24, 2.45) is 29.1 Å². The van der Waals surface area contributed by atoms with Gasteiger partial charge in [-0.15, -0.1) is 0 Å². The summed E-state index contributed by atoms with van der Waals surface area (Å²) in [5.74, 6) is 3.38. The maximum Gasteiger partial charge on any atom is 0.155 e. The second-order valence-electron chi connectivity index (χ2n) is 7.94. The number of ketones is 1. The van der Waals surface area contributed by atoms with Crippen molar-refractivity contribution in [1.82, 2.24) is 0 Å². The summed E-state index contributed by atoms with van der Waals surface area (Å²) in [7, 11) is 0. The van der Waals surface area contributed by atoms with E-state index in [4.69, 9.17) is 0 Å². The highest BCUT2D eigenvalue weighted by atomic mass is 16.3. The minimum atomic E-state index is -0.0710. The fraction of sp³-hybridized carbons (Fsp3) is 0.833. The minimum Gasteiger partial charge on any atom is -0.393 e. The van der Waals surface area contributed by atoms with E-state index in [1.165, 1.54) is 31.3 Å². The molecule has 0 aromatic heterocycles. The summed E-state index contributed by atoms with van der Waals surface area (Å²) in [4.78, 5) is 11.6. The van der Waals surface area contributed by atoms with Gasteiger partial charge < -0.3 is 5.11 Å². The Morgan fingerprint density at radius 2 is 1.95 bits per heavy atom. The molecule has 0 bridgehead atoms. The molecule has 0 aliphatic heterocycles. The van der Waals surface area contributed by atoms with E-state index in [1.807, 2.05) is 6.08 Å². The maximum absolute atomic E-state index is 11.6. The fourth-order valence-corrected chi connectivity index (χ4v) is 6.15. The first kappa shape index (κ1) is 13.1. The Kier molecular flexibility index (Phi) is 2.89. The molecule has 2 heteroatoms. The standard InChI is InChI=1S/C18H26O2/c1-18-9-8-14-13-5-3-12(19)10-11(13)2-4-15(14)16(18)6-7-17(18)20/h10,13-17,20H,2-9H2,1H3/t13-,14-,15-,16+,17-,18-/m0/s1. The number of carbonyl (C=O) groups is 1. The van der Waals surface area contributed by atoms with E-state index in [9.17, 15) is 9.90 Å². The first-order chi connectivity index (χ1) is 9.59. The van der Waals surface area contributed by atoms with Crippen LogP contribution in [0.5, 0.6) is 0 Å². The number of allylic oxidation sites excluding steroid dienone is 1. The predicted molar refractivity (Wildman–Crippen MR) is 78.1 cm³/mol. The molecule has 3 saturated carbocycles. The van der Waals surface area contributed by atoms with Crippen LogP contribution in [0, 0.1) is 29.1 Å². The molecule has 4 aliphatic carbocycles. The van der Waals surface area contributed by atoms with Crippen LogP contribution >= 0.6 is 0 Å². The molecule has 0 aromatic carbocycles. The zero-order valence-corrected chi connectivity index (χ0v) is 12.5. The lowest BCUT2D eigenvalue weighted by molar-refractivity contribution is -0.116. The van der Waals surface area contributed by atoms with E-state index < -0.39 is 0 Å². The van der Waals surface area contributed by atoms with Crippen LogP contribution < -0.4 is 0 Å². The van der Waals surface area contributed by atoms with Crippen molar-refractivity contribution >= 4 is 5.78 Å². The molecule has 0 radical (unpaired) electrons. The molecule has 0 unspecified atom stereocenters. The molecule has 0 saturated heterocycles. The number of aliphatic hydroxyl groups excluding tert-OH is 1. The van der Waals surface area contributed by atoms with E-state index in [2.05, 4.69) is 6.92 Å². The molecule has 4 aliphatic rings. The predicted octanol–water partition coefficient (Wildman–Crippen LogP) is 3.49. The molecule has 4 rings (SSSR count). The minimum absolute atomic E-state index is 0.0710. The summed E-state index contributed by atoms with van der Waals surface area (Å²) in [6.45, 7) is 2.33. The molecule has 0 spiro atoms. The largest absolute Gasteiger partial charge is 0.393 e. The molecule has 1 N–H and O–H groups in total. The van der Waals surface area contributed by atoms with Gasteiger partial charge in [0.15, 0.2) is 5.78 Å². The van der Waals surface area contributed by atoms with Gasteiger partial charge in [0.25, 0.3) is 0 Å². The third kappa shape index (κ3) is 1.70. The van der Waals surface area contributed by atoms with Gasteiger partial charge in [-0.05, 0) is 80.1 Å². The topological polar surface area (TPSA) is 37.3 Å². The first-order valence-electron chi connectivity index (χ1n) is 8.51. The molecular formula is C18H26O2. The summed E-state index contributed by atoms with van der Waals surface area (Å²) < 4.78 is 0. The van der Waals surface area contributed by atoms with E-state index in [1.54, 1.807) is 0 Å². The summed E-state index contributed by atoms with van der Waals surface area (Å²) in [5.41, 5.74) is 1.65. The van der Waals surface area contributed by atoms with Crippen molar-refractivity contribution < 1.29 is 9.90 Å². The summed E-state index contributed by atoms with van der Waals surface area (Å²) in [6.07, 6.45) is 10.9. The van der Waals surface area contributed by atoms with Crippen LogP contribution in [0.4, 0.5) is 0 Å². The highest BCUT2D eigenvalue weighted by Crippen LogP contribution is 2.61. The van der Waals surface area contributed by atoms with Crippen LogP contribution in [-0.2, 0) is 4.79 Å². The lowest BCUT2D eigenvalue weighted by atomic mass is 9.52. The molecule has 3 fully saturated rings. The second-order valence-corrected chi connectivity index (χ2v) is 7.94. The summed E-state index contributed by atoms with van der Waals surface area (Å²) >= 11 is 0. The van der Waals surface area contributed by atoms with E-state index in [-0.39, 0.29) is 11.5 Å². The van der Waals surface area contributed by atoms with Gasteiger partial charge in [0, 0.05) is 6.42 Å². The monoisotopic (exact) mass is 274 g/mol. The quantitative estimate of drug-likeness (QED) is 0.734. The SMILES string of the molecule is C[C@]12CC[C@@H]3[C@H](CCC4=CC(=O)CC[C@@H]43)[C@H]1CC[C@@H]2O. The lowest BCUT2D eigenvalue weighted by Crippen LogP contribution is -2.47. The summed E-state index contributed by atoms with van der Waals surface area (Å²) in [5, 5.41) is 10.4. The average molecular weight is 274 g/mol. The van der Waals surface area contributed by atoms with Gasteiger partial charge in [-0.25, -0.2) is 0 Å². The molecule has 0 aromatic rings. The third-order valence-corrected chi connectivity index (χ3v) is 7.25. The lowest BCUT2D eigenvalue weighted by Gasteiger charge is -2.53. The van der Waals surface area contributed by atoms with Crippen LogP contribution in [0.1, 0.15) is 58.3 Å². The van der Waals surface area contributed by atoms with E-state index in [0.717, 1.165) is 43.4 Å². The van der Waals surface area contributed by atoms with Crippen LogP contribution in [-0.4, -0.2) is 17.0 Å². The number of rotatable bonds is 0. The molecule has 2 nitrogen and oxygen atoms in total. The molecular weight excluding hydrogens is 248 g/mol. The Morgan fingerprint density at radius 3 is 2.80 bits per heavy atom. The molecule has 0 heterocycles. The highest BCUT2D eigenvalue weighted by Gasteiger charge is 2.55. The number of carbonyl (C=O) groups excluding carboxylic acids is 1. The molecule has 110 valence electrons. The average Bonchev–Trinajstić information content (AvgIpc) is 2.74. The van der Waals surface area contributed by atoms with Crippen molar-refractivity contribution in [2.45, 2.75) is 64.4 Å². The maximum atomic E-state index is 11.6. The zero-order valence-electron chi connectivity index (χ0n) is 12.5. The van der Waals surface area contributed by atoms with Gasteiger partial charge in [-0.3, -0.25) is 4.79 Å². The van der Waals surface area contributed by atoms with Crippen molar-refractivity contribution in [1.29, 1.82) is 0 Å². The number of aliphatic hydroxyl groups is 1. The Bertz CT molecular complexity index is 466. The summed E-state index contributed by atoms with van der Waals surface area (Å²) in [6, 6.07) is 0. The number of hydrogen-bond acceptors (Lipinski definition) is 2. The van der Waals surface area contributed by atoms with Crippen LogP contribution in [0.3, 0.4) is 0 Å². The second kappa shape index (κ2) is 4.43. The van der Waals surface area contributed by atoms with Gasteiger partial charge in [0.1, 0.15) is 0 Å². The smallest absolute Gasteiger partial charge is 0.155 e. The Morgan fingerprint density at radius 1 is 1.10 bits per heavy atom. The number of fused-ring (bicyclic) bond motifs is 5. The number of hydrogen-bond donors (Lipinski definition) is 1. The molecule has 6 atom stereocenters. The molecule has 0 amide bonds. The van der Waals surface area contributed by atoms with E-state index in [0.29, 0.717) is 11.7 Å². The van der Waals surface area contributed by atoms with Crippen LogP contribution in [0.25, 0.3) is 0 Å².